The van der Waals surface area contributed by atoms with Crippen LogP contribution in [0.5, 0.6) is 0 Å². The number of piperazine rings is 1. The minimum Gasteiger partial charge on any atom is -0.351 e. The molecule has 3 N–H and O–H groups in total. The molecular formula is C7H11N3O3. The number of imide groups is 1. The lowest BCUT2D eigenvalue weighted by Gasteiger charge is -2.31. The highest BCUT2D eigenvalue weighted by Gasteiger charge is 2.34. The van der Waals surface area contributed by atoms with Crippen molar-refractivity contribution in [3.05, 3.63) is 0 Å². The van der Waals surface area contributed by atoms with Crippen LogP contribution in [0.25, 0.3) is 0 Å². The molecule has 1 aliphatic heterocycles. The minimum absolute atomic E-state index is 0.139. The van der Waals surface area contributed by atoms with Crippen molar-refractivity contribution < 1.29 is 14.4 Å². The molecular weight excluding hydrogens is 174 g/mol. The first-order valence-electron chi connectivity index (χ1n) is 3.96. The van der Waals surface area contributed by atoms with E-state index in [0.717, 1.165) is 4.90 Å². The zero-order chi connectivity index (χ0) is 10.0. The Morgan fingerprint density at radius 1 is 1.69 bits per heavy atom. The number of carbonyl (C=O) groups excluding carboxylic acids is 3. The Bertz CT molecular complexity index is 264. The van der Waals surface area contributed by atoms with E-state index in [-0.39, 0.29) is 6.54 Å². The van der Waals surface area contributed by atoms with Gasteiger partial charge in [-0.1, -0.05) is 6.92 Å². The number of rotatable bonds is 1. The number of urea groups is 1. The summed E-state index contributed by atoms with van der Waals surface area (Å²) < 4.78 is 0. The van der Waals surface area contributed by atoms with E-state index >= 15 is 0 Å². The van der Waals surface area contributed by atoms with Gasteiger partial charge in [-0.25, -0.2) is 4.79 Å². The Labute approximate surface area is 75.1 Å². The average molecular weight is 185 g/mol. The third kappa shape index (κ3) is 1.77. The van der Waals surface area contributed by atoms with E-state index in [1.165, 1.54) is 0 Å². The molecule has 4 amide bonds. The standard InChI is InChI=1S/C7H11N3O3/c1-2-4-6(12)9-5(11)3-10(4)7(8)13/h4H,2-3H2,1H3,(H2,8,13)(H,9,11,12). The maximum absolute atomic E-state index is 11.2. The topological polar surface area (TPSA) is 92.5 Å². The molecule has 0 aliphatic carbocycles. The second kappa shape index (κ2) is 3.42. The molecule has 0 saturated carbocycles. The number of nitrogens with two attached hydrogens (primary N) is 1. The number of primary amides is 1. The molecule has 1 aliphatic rings. The first-order chi connectivity index (χ1) is 6.06. The van der Waals surface area contributed by atoms with Crippen LogP contribution >= 0.6 is 0 Å². The lowest BCUT2D eigenvalue weighted by Crippen LogP contribution is -2.60. The first kappa shape index (κ1) is 9.50. The van der Waals surface area contributed by atoms with Gasteiger partial charge in [0, 0.05) is 0 Å². The molecule has 13 heavy (non-hydrogen) atoms. The molecule has 1 heterocycles. The van der Waals surface area contributed by atoms with Crippen LogP contribution in [0.15, 0.2) is 0 Å². The summed E-state index contributed by atoms with van der Waals surface area (Å²) in [5, 5.41) is 2.14. The van der Waals surface area contributed by atoms with Crippen molar-refractivity contribution in [3.8, 4) is 0 Å². The van der Waals surface area contributed by atoms with Gasteiger partial charge in [0.25, 0.3) is 0 Å². The van der Waals surface area contributed by atoms with Crippen LogP contribution < -0.4 is 11.1 Å². The Morgan fingerprint density at radius 3 is 2.77 bits per heavy atom. The molecule has 72 valence electrons. The Morgan fingerprint density at radius 2 is 2.31 bits per heavy atom. The van der Waals surface area contributed by atoms with Crippen LogP contribution in [-0.2, 0) is 9.59 Å². The number of nitrogens with zero attached hydrogens (tertiary/aromatic N) is 1. The van der Waals surface area contributed by atoms with Crippen molar-refractivity contribution in [2.45, 2.75) is 19.4 Å². The molecule has 0 spiro atoms. The summed E-state index contributed by atoms with van der Waals surface area (Å²) in [7, 11) is 0. The molecule has 1 rings (SSSR count). The van der Waals surface area contributed by atoms with Crippen LogP contribution in [0.3, 0.4) is 0 Å². The third-order valence-corrected chi connectivity index (χ3v) is 1.93. The molecule has 0 radical (unpaired) electrons. The van der Waals surface area contributed by atoms with E-state index in [0.29, 0.717) is 6.42 Å². The van der Waals surface area contributed by atoms with Gasteiger partial charge in [-0.3, -0.25) is 14.9 Å². The quantitative estimate of drug-likeness (QED) is 0.502. The summed E-state index contributed by atoms with van der Waals surface area (Å²) in [5.74, 6) is -0.953. The monoisotopic (exact) mass is 185 g/mol. The molecule has 0 aromatic rings. The van der Waals surface area contributed by atoms with E-state index in [4.69, 9.17) is 5.73 Å². The van der Waals surface area contributed by atoms with E-state index in [1.807, 2.05) is 0 Å². The summed E-state index contributed by atoms with van der Waals surface area (Å²) in [5.41, 5.74) is 5.01. The number of hydrogen-bond acceptors (Lipinski definition) is 3. The van der Waals surface area contributed by atoms with Gasteiger partial charge in [-0.2, -0.15) is 0 Å². The summed E-state index contributed by atoms with van der Waals surface area (Å²) >= 11 is 0. The van der Waals surface area contributed by atoms with Gasteiger partial charge in [0.15, 0.2) is 0 Å². The maximum Gasteiger partial charge on any atom is 0.315 e. The minimum atomic E-state index is -0.741. The van der Waals surface area contributed by atoms with E-state index < -0.39 is 23.9 Å². The highest BCUT2D eigenvalue weighted by molar-refractivity contribution is 6.03. The number of nitrogens with one attached hydrogen (secondary N) is 1. The maximum atomic E-state index is 11.2. The van der Waals surface area contributed by atoms with Crippen LogP contribution in [-0.4, -0.2) is 35.3 Å². The second-order valence-corrected chi connectivity index (χ2v) is 2.80. The van der Waals surface area contributed by atoms with Crippen LogP contribution in [0.1, 0.15) is 13.3 Å². The van der Waals surface area contributed by atoms with Gasteiger partial charge in [-0.15, -0.1) is 0 Å². The molecule has 6 heteroatoms. The molecule has 0 aromatic carbocycles. The van der Waals surface area contributed by atoms with E-state index in [2.05, 4.69) is 5.32 Å². The fourth-order valence-electron chi connectivity index (χ4n) is 1.30. The van der Waals surface area contributed by atoms with Gasteiger partial charge in [0.2, 0.25) is 11.8 Å². The number of hydrogen-bond donors (Lipinski definition) is 2. The van der Waals surface area contributed by atoms with E-state index in [1.54, 1.807) is 6.92 Å². The first-order valence-corrected chi connectivity index (χ1v) is 3.96. The summed E-state index contributed by atoms with van der Waals surface area (Å²) in [4.78, 5) is 33.9. The third-order valence-electron chi connectivity index (χ3n) is 1.93. The largest absolute Gasteiger partial charge is 0.351 e. The van der Waals surface area contributed by atoms with Gasteiger partial charge in [0.05, 0.1) is 0 Å². The van der Waals surface area contributed by atoms with E-state index in [9.17, 15) is 14.4 Å². The zero-order valence-electron chi connectivity index (χ0n) is 7.24. The predicted molar refractivity (Wildman–Crippen MR) is 43.5 cm³/mol. The highest BCUT2D eigenvalue weighted by Crippen LogP contribution is 2.07. The molecule has 0 aromatic heterocycles. The summed E-state index contributed by atoms with van der Waals surface area (Å²) in [6, 6.07) is -1.36. The fourth-order valence-corrected chi connectivity index (χ4v) is 1.30. The van der Waals surface area contributed by atoms with Crippen molar-refractivity contribution in [1.82, 2.24) is 10.2 Å². The van der Waals surface area contributed by atoms with Gasteiger partial charge in [0.1, 0.15) is 12.6 Å². The van der Waals surface area contributed by atoms with Crippen LogP contribution in [0.4, 0.5) is 4.79 Å². The Kier molecular flexibility index (Phi) is 2.50. The SMILES string of the molecule is CCC1C(=O)NC(=O)CN1C(N)=O. The zero-order valence-corrected chi connectivity index (χ0v) is 7.24. The number of amides is 4. The fraction of sp³-hybridized carbons (Fsp3) is 0.571. The van der Waals surface area contributed by atoms with Crippen molar-refractivity contribution in [2.75, 3.05) is 6.54 Å². The average Bonchev–Trinajstić information content (AvgIpc) is 2.02. The molecule has 1 atom stereocenters. The summed E-state index contributed by atoms with van der Waals surface area (Å²) in [6.45, 7) is 1.61. The summed E-state index contributed by atoms with van der Waals surface area (Å²) in [6.07, 6.45) is 0.446. The second-order valence-electron chi connectivity index (χ2n) is 2.80. The Hall–Kier alpha value is -1.59. The lowest BCUT2D eigenvalue weighted by molar-refractivity contribution is -0.138. The van der Waals surface area contributed by atoms with Gasteiger partial charge in [-0.05, 0) is 6.42 Å². The van der Waals surface area contributed by atoms with Crippen molar-refractivity contribution in [2.24, 2.45) is 5.73 Å². The molecule has 1 saturated heterocycles. The van der Waals surface area contributed by atoms with Crippen molar-refractivity contribution in [1.29, 1.82) is 0 Å². The molecule has 1 fully saturated rings. The molecule has 6 nitrogen and oxygen atoms in total. The van der Waals surface area contributed by atoms with Gasteiger partial charge >= 0.3 is 6.03 Å². The highest BCUT2D eigenvalue weighted by atomic mass is 16.2. The van der Waals surface area contributed by atoms with Crippen molar-refractivity contribution >= 4 is 17.8 Å². The van der Waals surface area contributed by atoms with Gasteiger partial charge < -0.3 is 10.6 Å². The van der Waals surface area contributed by atoms with Crippen molar-refractivity contribution in [3.63, 3.8) is 0 Å². The normalized spacial score (nSPS) is 22.8. The van der Waals surface area contributed by atoms with Crippen LogP contribution in [0, 0.1) is 0 Å². The smallest absolute Gasteiger partial charge is 0.315 e. The van der Waals surface area contributed by atoms with Crippen LogP contribution in [0.2, 0.25) is 0 Å². The predicted octanol–water partition coefficient (Wildman–Crippen LogP) is -1.20. The molecule has 0 bridgehead atoms. The number of carbonyl (C=O) groups is 3. The Balaban J connectivity index is 2.83. The lowest BCUT2D eigenvalue weighted by atomic mass is 10.1. The molecule has 1 unspecified atom stereocenters.